The van der Waals surface area contributed by atoms with E-state index in [1.165, 1.54) is 6.33 Å². The molecule has 0 amide bonds. The highest BCUT2D eigenvalue weighted by Crippen LogP contribution is 2.26. The summed E-state index contributed by atoms with van der Waals surface area (Å²) in [6.45, 7) is 0. The summed E-state index contributed by atoms with van der Waals surface area (Å²) in [5.74, 6) is 1.28. The van der Waals surface area contributed by atoms with Crippen LogP contribution in [0.25, 0.3) is 16.6 Å². The van der Waals surface area contributed by atoms with Gasteiger partial charge < -0.3 is 5.32 Å². The molecule has 3 aromatic carbocycles. The maximum atomic E-state index is 13.0. The molecule has 0 aliphatic heterocycles. The van der Waals surface area contributed by atoms with E-state index in [2.05, 4.69) is 25.0 Å². The van der Waals surface area contributed by atoms with E-state index in [0.717, 1.165) is 11.1 Å². The largest absolute Gasteiger partial charge is 0.340 e. The minimum Gasteiger partial charge on any atom is -0.340 e. The number of anilines is 3. The second-order valence-corrected chi connectivity index (χ2v) is 8.67. The number of benzene rings is 3. The molecule has 2 heterocycles. The van der Waals surface area contributed by atoms with E-state index < -0.39 is 10.0 Å². The van der Waals surface area contributed by atoms with Crippen molar-refractivity contribution in [1.29, 1.82) is 0 Å². The van der Waals surface area contributed by atoms with E-state index in [0.29, 0.717) is 22.7 Å². The minimum atomic E-state index is -3.74. The van der Waals surface area contributed by atoms with E-state index in [9.17, 15) is 8.42 Å². The van der Waals surface area contributed by atoms with Crippen LogP contribution in [0.1, 0.15) is 0 Å². The summed E-state index contributed by atoms with van der Waals surface area (Å²) in [5.41, 5.74) is 1.22. The van der Waals surface area contributed by atoms with Gasteiger partial charge in [0.05, 0.1) is 4.90 Å². The van der Waals surface area contributed by atoms with Crippen LogP contribution in [-0.4, -0.2) is 27.9 Å². The Morgan fingerprint density at radius 2 is 1.62 bits per heavy atom. The van der Waals surface area contributed by atoms with E-state index in [1.807, 2.05) is 24.3 Å². The van der Waals surface area contributed by atoms with Gasteiger partial charge >= 0.3 is 0 Å². The Bertz CT molecular complexity index is 1480. The van der Waals surface area contributed by atoms with E-state index >= 15 is 0 Å². The molecule has 8 nitrogen and oxygen atoms in total. The van der Waals surface area contributed by atoms with Gasteiger partial charge in [0.2, 0.25) is 0 Å². The monoisotopic (exact) mass is 442 g/mol. The molecule has 0 aliphatic carbocycles. The molecular weight excluding hydrogens is 424 g/mol. The van der Waals surface area contributed by atoms with Crippen LogP contribution in [-0.2, 0) is 10.0 Å². The number of rotatable bonds is 6. The molecule has 0 fully saturated rings. The summed E-state index contributed by atoms with van der Waals surface area (Å²) < 4.78 is 30.4. The summed E-state index contributed by atoms with van der Waals surface area (Å²) in [4.78, 5) is 12.7. The standard InChI is InChI=1S/C23H18N6O2S/c30-32(31,21-7-3-5-17-4-1-2-6-20(17)21)28-19-10-8-18(9-11-19)27-22-14-23(26-15-25-22)29-13-12-24-16-29/h1-16,28H,(H,25,26,27). The van der Waals surface area contributed by atoms with E-state index in [-0.39, 0.29) is 4.90 Å². The predicted molar refractivity (Wildman–Crippen MR) is 124 cm³/mol. The molecule has 5 aromatic rings. The number of nitrogens with one attached hydrogen (secondary N) is 2. The highest BCUT2D eigenvalue weighted by molar-refractivity contribution is 7.93. The molecule has 32 heavy (non-hydrogen) atoms. The van der Waals surface area contributed by atoms with Crippen LogP contribution in [0.4, 0.5) is 17.2 Å². The average molecular weight is 443 g/mol. The van der Waals surface area contributed by atoms with Crippen molar-refractivity contribution in [2.24, 2.45) is 0 Å². The van der Waals surface area contributed by atoms with Gasteiger partial charge in [0, 0.05) is 35.2 Å². The Kier molecular flexibility index (Phi) is 5.00. The van der Waals surface area contributed by atoms with Crippen LogP contribution in [0.15, 0.2) is 103 Å². The number of imidazole rings is 1. The zero-order valence-corrected chi connectivity index (χ0v) is 17.6. The van der Waals surface area contributed by atoms with Gasteiger partial charge in [-0.1, -0.05) is 36.4 Å². The molecule has 9 heteroatoms. The van der Waals surface area contributed by atoms with Crippen molar-refractivity contribution in [2.45, 2.75) is 4.90 Å². The molecule has 0 bridgehead atoms. The van der Waals surface area contributed by atoms with E-state index in [4.69, 9.17) is 0 Å². The molecule has 0 unspecified atom stereocenters. The van der Waals surface area contributed by atoms with Crippen molar-refractivity contribution in [2.75, 3.05) is 10.0 Å². The lowest BCUT2D eigenvalue weighted by molar-refractivity contribution is 0.602. The van der Waals surface area contributed by atoms with Crippen LogP contribution in [0.5, 0.6) is 0 Å². The highest BCUT2D eigenvalue weighted by atomic mass is 32.2. The fourth-order valence-electron chi connectivity index (χ4n) is 3.36. The van der Waals surface area contributed by atoms with Gasteiger partial charge in [-0.05, 0) is 35.7 Å². The summed E-state index contributed by atoms with van der Waals surface area (Å²) in [5, 5.41) is 4.74. The van der Waals surface area contributed by atoms with Gasteiger partial charge in [0.15, 0.2) is 0 Å². The molecule has 2 aromatic heterocycles. The Morgan fingerprint density at radius 1 is 0.844 bits per heavy atom. The number of hydrogen-bond donors (Lipinski definition) is 2. The molecule has 0 saturated carbocycles. The summed E-state index contributed by atoms with van der Waals surface area (Å²) in [7, 11) is -3.74. The second kappa shape index (κ2) is 8.12. The Labute approximate surface area is 184 Å². The van der Waals surface area contributed by atoms with Crippen molar-refractivity contribution in [3.63, 3.8) is 0 Å². The van der Waals surface area contributed by atoms with Crippen molar-refractivity contribution >= 4 is 38.0 Å². The molecule has 0 radical (unpaired) electrons. The summed E-state index contributed by atoms with van der Waals surface area (Å²) >= 11 is 0. The van der Waals surface area contributed by atoms with Gasteiger partial charge in [0.25, 0.3) is 10.0 Å². The number of nitrogens with zero attached hydrogens (tertiary/aromatic N) is 4. The van der Waals surface area contributed by atoms with Gasteiger partial charge in [-0.15, -0.1) is 0 Å². The normalized spacial score (nSPS) is 11.4. The van der Waals surface area contributed by atoms with Crippen molar-refractivity contribution in [1.82, 2.24) is 19.5 Å². The number of fused-ring (bicyclic) bond motifs is 1. The lowest BCUT2D eigenvalue weighted by Crippen LogP contribution is -2.13. The van der Waals surface area contributed by atoms with Crippen molar-refractivity contribution in [3.8, 4) is 5.82 Å². The van der Waals surface area contributed by atoms with E-state index in [1.54, 1.807) is 71.8 Å². The summed E-state index contributed by atoms with van der Waals surface area (Å²) in [6, 6.07) is 21.4. The first kappa shape index (κ1) is 19.7. The fraction of sp³-hybridized carbons (Fsp3) is 0. The first-order chi connectivity index (χ1) is 15.6. The first-order valence-corrected chi connectivity index (χ1v) is 11.2. The van der Waals surface area contributed by atoms with Crippen LogP contribution < -0.4 is 10.0 Å². The smallest absolute Gasteiger partial charge is 0.262 e. The molecule has 0 saturated heterocycles. The second-order valence-electron chi connectivity index (χ2n) is 7.02. The van der Waals surface area contributed by atoms with Crippen LogP contribution >= 0.6 is 0 Å². The Balaban J connectivity index is 1.34. The molecule has 0 spiro atoms. The van der Waals surface area contributed by atoms with Gasteiger partial charge in [-0.2, -0.15) is 0 Å². The number of aromatic nitrogens is 4. The molecule has 0 aliphatic rings. The van der Waals surface area contributed by atoms with Gasteiger partial charge in [-0.3, -0.25) is 9.29 Å². The molecule has 5 rings (SSSR count). The predicted octanol–water partition coefficient (Wildman–Crippen LogP) is 4.36. The Morgan fingerprint density at radius 3 is 2.44 bits per heavy atom. The maximum Gasteiger partial charge on any atom is 0.262 e. The highest BCUT2D eigenvalue weighted by Gasteiger charge is 2.17. The van der Waals surface area contributed by atoms with Gasteiger partial charge in [0.1, 0.15) is 24.3 Å². The fourth-order valence-corrected chi connectivity index (χ4v) is 4.65. The SMILES string of the molecule is O=S(=O)(Nc1ccc(Nc2cc(-n3ccnc3)ncn2)cc1)c1cccc2ccccc12. The van der Waals surface area contributed by atoms with Crippen molar-refractivity contribution < 1.29 is 8.42 Å². The topological polar surface area (TPSA) is 102 Å². The molecule has 0 atom stereocenters. The number of hydrogen-bond acceptors (Lipinski definition) is 6. The average Bonchev–Trinajstić information content (AvgIpc) is 3.35. The number of sulfonamides is 1. The summed E-state index contributed by atoms with van der Waals surface area (Å²) in [6.07, 6.45) is 6.59. The Hall–Kier alpha value is -4.24. The lowest BCUT2D eigenvalue weighted by atomic mass is 10.1. The third-order valence-electron chi connectivity index (χ3n) is 4.87. The van der Waals surface area contributed by atoms with Gasteiger partial charge in [-0.25, -0.2) is 23.4 Å². The third-order valence-corrected chi connectivity index (χ3v) is 6.31. The van der Waals surface area contributed by atoms with Crippen LogP contribution in [0.2, 0.25) is 0 Å². The molecule has 2 N–H and O–H groups in total. The zero-order valence-electron chi connectivity index (χ0n) is 16.8. The third kappa shape index (κ3) is 4.01. The van der Waals surface area contributed by atoms with Crippen LogP contribution in [0, 0.1) is 0 Å². The zero-order chi connectivity index (χ0) is 22.0. The first-order valence-electron chi connectivity index (χ1n) is 9.77. The van der Waals surface area contributed by atoms with Crippen molar-refractivity contribution in [3.05, 3.63) is 97.8 Å². The molecule has 158 valence electrons. The minimum absolute atomic E-state index is 0.241. The molecular formula is C23H18N6O2S. The quantitative estimate of drug-likeness (QED) is 0.405. The lowest BCUT2D eigenvalue weighted by Gasteiger charge is -2.12. The van der Waals surface area contributed by atoms with Crippen LogP contribution in [0.3, 0.4) is 0 Å². The maximum absolute atomic E-state index is 13.0.